The van der Waals surface area contributed by atoms with Gasteiger partial charge in [-0.05, 0) is 0 Å². The Morgan fingerprint density at radius 1 is 1.05 bits per heavy atom. The van der Waals surface area contributed by atoms with Crippen molar-refractivity contribution < 1.29 is 16.8 Å². The molecule has 8 nitrogen and oxygen atoms in total. The van der Waals surface area contributed by atoms with Crippen LogP contribution >= 0.6 is 0 Å². The van der Waals surface area contributed by atoms with E-state index in [0.717, 1.165) is 26.2 Å². The first-order chi connectivity index (χ1) is 9.15. The van der Waals surface area contributed by atoms with E-state index in [1.54, 1.807) is 0 Å². The fourth-order valence-corrected chi connectivity index (χ4v) is 3.93. The molecule has 2 rings (SSSR count). The van der Waals surface area contributed by atoms with Crippen LogP contribution in [0.2, 0.25) is 0 Å². The fraction of sp³-hybridized carbons (Fsp3) is 1.00. The topological polar surface area (TPSA) is 104 Å². The van der Waals surface area contributed by atoms with Crippen LogP contribution in [0.3, 0.4) is 0 Å². The maximum atomic E-state index is 11.3. The standard InChI is InChI=1S/C10H22N4O4S2/c1-19(15,16)14-8-10(9-14)13-4-2-12(3-5-13)6-7-20(11,17)18/h10H,2-9H2,1H3,(H2,11,17,18). The lowest BCUT2D eigenvalue weighted by Gasteiger charge is -2.47. The van der Waals surface area contributed by atoms with Gasteiger partial charge in [-0.2, -0.15) is 4.31 Å². The summed E-state index contributed by atoms with van der Waals surface area (Å²) in [6, 6.07) is 0.296. The van der Waals surface area contributed by atoms with Crippen molar-refractivity contribution in [2.75, 3.05) is 57.8 Å². The Kier molecular flexibility index (Phi) is 4.72. The van der Waals surface area contributed by atoms with Gasteiger partial charge in [0.15, 0.2) is 0 Å². The molecule has 2 fully saturated rings. The molecule has 0 aromatic heterocycles. The first kappa shape index (κ1) is 16.1. The zero-order chi connectivity index (χ0) is 15.0. The van der Waals surface area contributed by atoms with Gasteiger partial charge in [-0.25, -0.2) is 22.0 Å². The van der Waals surface area contributed by atoms with E-state index in [0.29, 0.717) is 25.7 Å². The lowest BCUT2D eigenvalue weighted by Crippen LogP contribution is -2.64. The molecule has 0 bridgehead atoms. The number of sulfonamides is 2. The molecule has 0 aliphatic carbocycles. The minimum atomic E-state index is -3.40. The van der Waals surface area contributed by atoms with Crippen molar-refractivity contribution in [2.24, 2.45) is 5.14 Å². The number of nitrogens with two attached hydrogens (primary N) is 1. The third-order valence-electron chi connectivity index (χ3n) is 3.91. The average molecular weight is 326 g/mol. The molecule has 10 heteroatoms. The van der Waals surface area contributed by atoms with Gasteiger partial charge in [0.2, 0.25) is 20.0 Å². The lowest BCUT2D eigenvalue weighted by atomic mass is 10.1. The summed E-state index contributed by atoms with van der Waals surface area (Å²) in [4.78, 5) is 4.35. The highest BCUT2D eigenvalue weighted by molar-refractivity contribution is 7.89. The zero-order valence-electron chi connectivity index (χ0n) is 11.6. The van der Waals surface area contributed by atoms with E-state index in [9.17, 15) is 16.8 Å². The number of primary sulfonamides is 1. The molecule has 0 spiro atoms. The largest absolute Gasteiger partial charge is 0.300 e. The molecule has 118 valence electrons. The van der Waals surface area contributed by atoms with Crippen LogP contribution in [-0.4, -0.2) is 94.8 Å². The van der Waals surface area contributed by atoms with Gasteiger partial charge < -0.3 is 0 Å². The van der Waals surface area contributed by atoms with E-state index in [-0.39, 0.29) is 5.75 Å². The van der Waals surface area contributed by atoms with Gasteiger partial charge >= 0.3 is 0 Å². The van der Waals surface area contributed by atoms with Gasteiger partial charge in [0.1, 0.15) is 0 Å². The van der Waals surface area contributed by atoms with E-state index in [4.69, 9.17) is 5.14 Å². The first-order valence-corrected chi connectivity index (χ1v) is 10.1. The first-order valence-electron chi connectivity index (χ1n) is 6.57. The Labute approximate surface area is 120 Å². The molecular weight excluding hydrogens is 304 g/mol. The minimum absolute atomic E-state index is 0.0156. The number of piperazine rings is 1. The summed E-state index contributed by atoms with van der Waals surface area (Å²) >= 11 is 0. The molecule has 0 aromatic rings. The van der Waals surface area contributed by atoms with Crippen LogP contribution in [0, 0.1) is 0 Å². The molecule has 0 saturated carbocycles. The molecule has 0 atom stereocenters. The molecule has 2 aliphatic rings. The summed E-state index contributed by atoms with van der Waals surface area (Å²) in [5, 5.41) is 4.99. The van der Waals surface area contributed by atoms with Crippen LogP contribution in [0.5, 0.6) is 0 Å². The highest BCUT2D eigenvalue weighted by Gasteiger charge is 2.37. The Morgan fingerprint density at radius 3 is 2.05 bits per heavy atom. The average Bonchev–Trinajstić information content (AvgIpc) is 2.23. The highest BCUT2D eigenvalue weighted by Crippen LogP contribution is 2.19. The Morgan fingerprint density at radius 2 is 1.60 bits per heavy atom. The summed E-state index contributed by atoms with van der Waals surface area (Å²) in [7, 11) is -6.46. The van der Waals surface area contributed by atoms with Gasteiger partial charge in [-0.3, -0.25) is 9.80 Å². The second-order valence-corrected chi connectivity index (χ2v) is 9.19. The fourth-order valence-electron chi connectivity index (χ4n) is 2.53. The zero-order valence-corrected chi connectivity index (χ0v) is 13.2. The smallest absolute Gasteiger partial charge is 0.211 e. The molecule has 2 saturated heterocycles. The van der Waals surface area contributed by atoms with Crippen molar-refractivity contribution in [1.82, 2.24) is 14.1 Å². The van der Waals surface area contributed by atoms with E-state index < -0.39 is 20.0 Å². The van der Waals surface area contributed by atoms with E-state index in [1.807, 2.05) is 0 Å². The van der Waals surface area contributed by atoms with Crippen LogP contribution in [0.15, 0.2) is 0 Å². The third-order valence-corrected chi connectivity index (χ3v) is 5.90. The number of hydrogen-bond donors (Lipinski definition) is 1. The van der Waals surface area contributed by atoms with Gasteiger partial charge in [0.25, 0.3) is 0 Å². The van der Waals surface area contributed by atoms with Crippen LogP contribution in [-0.2, 0) is 20.0 Å². The Hall–Kier alpha value is -0.260. The van der Waals surface area contributed by atoms with Crippen molar-refractivity contribution in [2.45, 2.75) is 6.04 Å². The van der Waals surface area contributed by atoms with E-state index in [2.05, 4.69) is 9.80 Å². The van der Waals surface area contributed by atoms with Crippen molar-refractivity contribution in [3.63, 3.8) is 0 Å². The maximum absolute atomic E-state index is 11.3. The molecule has 2 aliphatic heterocycles. The second-order valence-electron chi connectivity index (χ2n) is 5.48. The minimum Gasteiger partial charge on any atom is -0.300 e. The van der Waals surface area contributed by atoms with Gasteiger partial charge in [-0.15, -0.1) is 0 Å². The van der Waals surface area contributed by atoms with Crippen LogP contribution in [0.1, 0.15) is 0 Å². The van der Waals surface area contributed by atoms with Gasteiger partial charge in [0, 0.05) is 51.9 Å². The third kappa shape index (κ3) is 4.37. The lowest BCUT2D eigenvalue weighted by molar-refractivity contribution is 0.0430. The monoisotopic (exact) mass is 326 g/mol. The van der Waals surface area contributed by atoms with Crippen LogP contribution in [0.25, 0.3) is 0 Å². The van der Waals surface area contributed by atoms with Crippen LogP contribution in [0.4, 0.5) is 0 Å². The SMILES string of the molecule is CS(=O)(=O)N1CC(N2CCN(CCS(N)(=O)=O)CC2)C1. The summed E-state index contributed by atoms with van der Waals surface area (Å²) in [6.07, 6.45) is 1.23. The van der Waals surface area contributed by atoms with E-state index in [1.165, 1.54) is 10.6 Å². The highest BCUT2D eigenvalue weighted by atomic mass is 32.2. The van der Waals surface area contributed by atoms with Gasteiger partial charge in [-0.1, -0.05) is 0 Å². The molecule has 20 heavy (non-hydrogen) atoms. The predicted octanol–water partition coefficient (Wildman–Crippen LogP) is -2.46. The Bertz CT molecular complexity index is 534. The molecule has 0 amide bonds. The Balaban J connectivity index is 1.71. The van der Waals surface area contributed by atoms with Crippen molar-refractivity contribution >= 4 is 20.0 Å². The number of rotatable bonds is 5. The quantitative estimate of drug-likeness (QED) is 0.601. The predicted molar refractivity (Wildman–Crippen MR) is 76.2 cm³/mol. The summed E-state index contributed by atoms with van der Waals surface area (Å²) in [6.45, 7) is 4.87. The van der Waals surface area contributed by atoms with Crippen LogP contribution < -0.4 is 5.14 Å². The molecule has 2 N–H and O–H groups in total. The summed E-state index contributed by atoms with van der Waals surface area (Å²) < 4.78 is 45.9. The molecule has 0 unspecified atom stereocenters. The number of nitrogens with zero attached hydrogens (tertiary/aromatic N) is 3. The molecule has 2 heterocycles. The van der Waals surface area contributed by atoms with E-state index >= 15 is 0 Å². The van der Waals surface area contributed by atoms with Gasteiger partial charge in [0.05, 0.1) is 12.0 Å². The molecule has 0 radical (unpaired) electrons. The van der Waals surface area contributed by atoms with Crippen molar-refractivity contribution in [3.05, 3.63) is 0 Å². The molecular formula is C10H22N4O4S2. The summed E-state index contributed by atoms with van der Waals surface area (Å²) in [5.74, 6) is -0.0156. The normalized spacial score (nSPS) is 24.7. The van der Waals surface area contributed by atoms with Crippen molar-refractivity contribution in [3.8, 4) is 0 Å². The van der Waals surface area contributed by atoms with Crippen molar-refractivity contribution in [1.29, 1.82) is 0 Å². The summed E-state index contributed by atoms with van der Waals surface area (Å²) in [5.41, 5.74) is 0. The molecule has 0 aromatic carbocycles. The second kappa shape index (κ2) is 5.85. The maximum Gasteiger partial charge on any atom is 0.211 e. The number of hydrogen-bond acceptors (Lipinski definition) is 6.